The van der Waals surface area contributed by atoms with Gasteiger partial charge in [0.2, 0.25) is 15.9 Å². The van der Waals surface area contributed by atoms with Crippen LogP contribution >= 0.6 is 0 Å². The summed E-state index contributed by atoms with van der Waals surface area (Å²) in [6.07, 6.45) is 1.32. The molecule has 0 unspecified atom stereocenters. The van der Waals surface area contributed by atoms with Crippen molar-refractivity contribution in [2.45, 2.75) is 26.8 Å². The molecule has 130 valence electrons. The standard InChI is InChI=1S/C16H26N2O4S/c1-13(2)12-18(23(4,20)21)10-9-16(19)17-11-14-5-7-15(22-3)8-6-14/h5-8,13H,9-12H2,1-4H3,(H,17,19). The number of methoxy groups -OCH3 is 1. The zero-order valence-electron chi connectivity index (χ0n) is 14.2. The maximum Gasteiger partial charge on any atom is 0.221 e. The number of rotatable bonds is 9. The molecule has 0 heterocycles. The van der Waals surface area contributed by atoms with Crippen LogP contribution in [0.4, 0.5) is 0 Å². The van der Waals surface area contributed by atoms with Crippen LogP contribution in [0.5, 0.6) is 5.75 Å². The smallest absolute Gasteiger partial charge is 0.221 e. The van der Waals surface area contributed by atoms with Gasteiger partial charge in [0.15, 0.2) is 0 Å². The van der Waals surface area contributed by atoms with E-state index in [2.05, 4.69) is 5.32 Å². The molecule has 7 heteroatoms. The summed E-state index contributed by atoms with van der Waals surface area (Å²) in [5.74, 6) is 0.808. The number of amides is 1. The van der Waals surface area contributed by atoms with Gasteiger partial charge in [0.25, 0.3) is 0 Å². The second-order valence-corrected chi connectivity index (χ2v) is 7.87. The number of nitrogens with one attached hydrogen (secondary N) is 1. The van der Waals surface area contributed by atoms with E-state index >= 15 is 0 Å². The number of carbonyl (C=O) groups excluding carboxylic acids is 1. The molecule has 23 heavy (non-hydrogen) atoms. The molecule has 1 aromatic carbocycles. The van der Waals surface area contributed by atoms with Crippen molar-refractivity contribution in [2.75, 3.05) is 26.5 Å². The van der Waals surface area contributed by atoms with Crippen LogP contribution in [-0.4, -0.2) is 45.1 Å². The fraction of sp³-hybridized carbons (Fsp3) is 0.562. The lowest BCUT2D eigenvalue weighted by atomic mass is 10.2. The highest BCUT2D eigenvalue weighted by Gasteiger charge is 2.18. The van der Waals surface area contributed by atoms with Crippen LogP contribution in [0.15, 0.2) is 24.3 Å². The quantitative estimate of drug-likeness (QED) is 0.740. The third kappa shape index (κ3) is 7.47. The Balaban J connectivity index is 2.45. The molecule has 0 radical (unpaired) electrons. The minimum Gasteiger partial charge on any atom is -0.497 e. The third-order valence-corrected chi connectivity index (χ3v) is 4.54. The van der Waals surface area contributed by atoms with Gasteiger partial charge < -0.3 is 10.1 Å². The summed E-state index contributed by atoms with van der Waals surface area (Å²) in [5.41, 5.74) is 0.960. The zero-order valence-corrected chi connectivity index (χ0v) is 15.0. The van der Waals surface area contributed by atoms with Crippen molar-refractivity contribution in [3.05, 3.63) is 29.8 Å². The molecule has 6 nitrogen and oxygen atoms in total. The average molecular weight is 342 g/mol. The number of carbonyl (C=O) groups is 1. The molecule has 0 aromatic heterocycles. The molecule has 0 aliphatic rings. The Hall–Kier alpha value is -1.60. The van der Waals surface area contributed by atoms with Crippen molar-refractivity contribution < 1.29 is 17.9 Å². The van der Waals surface area contributed by atoms with Crippen molar-refractivity contribution in [2.24, 2.45) is 5.92 Å². The molecule has 1 N–H and O–H groups in total. The molecule has 0 saturated heterocycles. The second kappa shape index (κ2) is 8.88. The van der Waals surface area contributed by atoms with Crippen LogP contribution in [0.1, 0.15) is 25.8 Å². The molecule has 0 aliphatic carbocycles. The van der Waals surface area contributed by atoms with Crippen LogP contribution in [0.3, 0.4) is 0 Å². The molecular formula is C16H26N2O4S. The van der Waals surface area contributed by atoms with Crippen molar-refractivity contribution in [1.29, 1.82) is 0 Å². The molecule has 0 spiro atoms. The van der Waals surface area contributed by atoms with Gasteiger partial charge in [0, 0.05) is 26.1 Å². The van der Waals surface area contributed by atoms with Gasteiger partial charge in [-0.15, -0.1) is 0 Å². The Morgan fingerprint density at radius 1 is 1.26 bits per heavy atom. The highest BCUT2D eigenvalue weighted by atomic mass is 32.2. The van der Waals surface area contributed by atoms with E-state index in [-0.39, 0.29) is 24.8 Å². The van der Waals surface area contributed by atoms with Crippen LogP contribution < -0.4 is 10.1 Å². The van der Waals surface area contributed by atoms with E-state index in [4.69, 9.17) is 4.74 Å². The Labute approximate surface area is 138 Å². The van der Waals surface area contributed by atoms with Crippen LogP contribution in [0.2, 0.25) is 0 Å². The fourth-order valence-corrected chi connectivity index (χ4v) is 3.05. The minimum absolute atomic E-state index is 0.149. The lowest BCUT2D eigenvalue weighted by molar-refractivity contribution is -0.121. The van der Waals surface area contributed by atoms with E-state index in [1.165, 1.54) is 10.6 Å². The molecule has 1 amide bonds. The summed E-state index contributed by atoms with van der Waals surface area (Å²) in [6, 6.07) is 7.41. The molecule has 0 bridgehead atoms. The van der Waals surface area contributed by atoms with Crippen LogP contribution in [0, 0.1) is 5.92 Å². The van der Waals surface area contributed by atoms with Crippen molar-refractivity contribution >= 4 is 15.9 Å². The van der Waals surface area contributed by atoms with Crippen molar-refractivity contribution in [1.82, 2.24) is 9.62 Å². The third-order valence-electron chi connectivity index (χ3n) is 3.27. The maximum atomic E-state index is 11.9. The summed E-state index contributed by atoms with van der Waals surface area (Å²) >= 11 is 0. The molecule has 0 aliphatic heterocycles. The number of ether oxygens (including phenoxy) is 1. The fourth-order valence-electron chi connectivity index (χ4n) is 2.06. The molecule has 0 fully saturated rings. The van der Waals surface area contributed by atoms with Crippen LogP contribution in [-0.2, 0) is 21.4 Å². The monoisotopic (exact) mass is 342 g/mol. The van der Waals surface area contributed by atoms with E-state index in [1.54, 1.807) is 7.11 Å². The average Bonchev–Trinajstić information content (AvgIpc) is 2.48. The highest BCUT2D eigenvalue weighted by Crippen LogP contribution is 2.11. The van der Waals surface area contributed by atoms with Gasteiger partial charge in [-0.25, -0.2) is 12.7 Å². The molecule has 0 atom stereocenters. The van der Waals surface area contributed by atoms with Gasteiger partial charge in [-0.2, -0.15) is 0 Å². The van der Waals surface area contributed by atoms with Crippen LogP contribution in [0.25, 0.3) is 0 Å². The van der Waals surface area contributed by atoms with Gasteiger partial charge in [-0.3, -0.25) is 4.79 Å². The van der Waals surface area contributed by atoms with Gasteiger partial charge in [-0.1, -0.05) is 26.0 Å². The predicted octanol–water partition coefficient (Wildman–Crippen LogP) is 1.62. The first kappa shape index (κ1) is 19.4. The number of hydrogen-bond acceptors (Lipinski definition) is 4. The van der Waals surface area contributed by atoms with E-state index in [0.29, 0.717) is 13.1 Å². The predicted molar refractivity (Wildman–Crippen MR) is 90.7 cm³/mol. The largest absolute Gasteiger partial charge is 0.497 e. The second-order valence-electron chi connectivity index (χ2n) is 5.89. The molecule has 0 saturated carbocycles. The summed E-state index contributed by atoms with van der Waals surface area (Å²) in [7, 11) is -1.69. The Bertz CT molecular complexity index is 597. The normalized spacial score (nSPS) is 11.7. The first-order chi connectivity index (χ1) is 10.7. The molecular weight excluding hydrogens is 316 g/mol. The van der Waals surface area contributed by atoms with E-state index in [1.807, 2.05) is 38.1 Å². The number of hydrogen-bond donors (Lipinski definition) is 1. The minimum atomic E-state index is -3.29. The van der Waals surface area contributed by atoms with Gasteiger partial charge in [0.05, 0.1) is 13.4 Å². The summed E-state index contributed by atoms with van der Waals surface area (Å²) in [4.78, 5) is 11.9. The first-order valence-electron chi connectivity index (χ1n) is 7.57. The summed E-state index contributed by atoms with van der Waals surface area (Å²) in [5, 5.41) is 2.80. The van der Waals surface area contributed by atoms with Gasteiger partial charge in [-0.05, 0) is 23.6 Å². The zero-order chi connectivity index (χ0) is 17.5. The van der Waals surface area contributed by atoms with E-state index < -0.39 is 10.0 Å². The summed E-state index contributed by atoms with van der Waals surface area (Å²) in [6.45, 7) is 4.92. The SMILES string of the molecule is COc1ccc(CNC(=O)CCN(CC(C)C)S(C)(=O)=O)cc1. The number of nitrogens with zero attached hydrogens (tertiary/aromatic N) is 1. The topological polar surface area (TPSA) is 75.7 Å². The molecule has 1 aromatic rings. The van der Waals surface area contributed by atoms with E-state index in [0.717, 1.165) is 11.3 Å². The van der Waals surface area contributed by atoms with Crippen molar-refractivity contribution in [3.8, 4) is 5.75 Å². The maximum absolute atomic E-state index is 11.9. The van der Waals surface area contributed by atoms with E-state index in [9.17, 15) is 13.2 Å². The molecule has 1 rings (SSSR count). The number of sulfonamides is 1. The van der Waals surface area contributed by atoms with Gasteiger partial charge >= 0.3 is 0 Å². The van der Waals surface area contributed by atoms with Crippen molar-refractivity contribution in [3.63, 3.8) is 0 Å². The highest BCUT2D eigenvalue weighted by molar-refractivity contribution is 7.88. The Kier molecular flexibility index (Phi) is 7.51. The lowest BCUT2D eigenvalue weighted by Crippen LogP contribution is -2.36. The number of benzene rings is 1. The Morgan fingerprint density at radius 3 is 2.35 bits per heavy atom. The van der Waals surface area contributed by atoms with Gasteiger partial charge in [0.1, 0.15) is 5.75 Å². The Morgan fingerprint density at radius 2 is 1.87 bits per heavy atom. The first-order valence-corrected chi connectivity index (χ1v) is 9.42. The lowest BCUT2D eigenvalue weighted by Gasteiger charge is -2.21. The summed E-state index contributed by atoms with van der Waals surface area (Å²) < 4.78 is 29.8.